The molecule has 102 valence electrons. The highest BCUT2D eigenvalue weighted by Gasteiger charge is 2.50. The van der Waals surface area contributed by atoms with Crippen molar-refractivity contribution in [1.82, 2.24) is 0 Å². The Morgan fingerprint density at radius 3 is 2.11 bits per heavy atom. The van der Waals surface area contributed by atoms with E-state index in [4.69, 9.17) is 5.73 Å². The Hall–Kier alpha value is -1.35. The number of nitrogens with two attached hydrogens (primary N) is 1. The van der Waals surface area contributed by atoms with Gasteiger partial charge < -0.3 is 11.1 Å². The Bertz CT molecular complexity index is 467. The van der Waals surface area contributed by atoms with Crippen LogP contribution in [0.4, 0.5) is 5.69 Å². The topological polar surface area (TPSA) is 55.1 Å². The molecule has 0 saturated heterocycles. The van der Waals surface area contributed by atoms with E-state index in [0.29, 0.717) is 0 Å². The molecule has 0 heterocycles. The Balaban J connectivity index is 1.72. The van der Waals surface area contributed by atoms with Crippen molar-refractivity contribution in [2.45, 2.75) is 51.0 Å². The summed E-state index contributed by atoms with van der Waals surface area (Å²) in [5.41, 5.74) is 8.26. The van der Waals surface area contributed by atoms with E-state index in [2.05, 4.69) is 5.32 Å². The first-order valence-corrected chi connectivity index (χ1v) is 7.19. The van der Waals surface area contributed by atoms with Crippen molar-refractivity contribution in [3.05, 3.63) is 29.8 Å². The van der Waals surface area contributed by atoms with Gasteiger partial charge in [0.1, 0.15) is 0 Å². The van der Waals surface area contributed by atoms with Crippen molar-refractivity contribution < 1.29 is 4.79 Å². The minimum atomic E-state index is -0.161. The van der Waals surface area contributed by atoms with Crippen LogP contribution in [0, 0.1) is 12.3 Å². The molecular formula is C16H22N2O. The van der Waals surface area contributed by atoms with Crippen LogP contribution in [0.15, 0.2) is 24.3 Å². The van der Waals surface area contributed by atoms with Crippen LogP contribution < -0.4 is 11.1 Å². The lowest BCUT2D eigenvalue weighted by Crippen LogP contribution is -2.55. The Morgan fingerprint density at radius 2 is 1.58 bits per heavy atom. The second-order valence-corrected chi connectivity index (χ2v) is 6.46. The fourth-order valence-corrected chi connectivity index (χ4v) is 3.46. The zero-order valence-corrected chi connectivity index (χ0v) is 11.5. The molecule has 2 bridgehead atoms. The number of hydrogen-bond donors (Lipinski definition) is 2. The van der Waals surface area contributed by atoms with Crippen molar-refractivity contribution >= 4 is 11.6 Å². The number of nitrogens with one attached hydrogen (secondary N) is 1. The third-order valence-corrected chi connectivity index (χ3v) is 5.10. The van der Waals surface area contributed by atoms with Gasteiger partial charge in [0.15, 0.2) is 0 Å². The minimum absolute atomic E-state index is 0.0197. The van der Waals surface area contributed by atoms with Gasteiger partial charge in [-0.2, -0.15) is 0 Å². The molecule has 3 fully saturated rings. The van der Waals surface area contributed by atoms with Crippen molar-refractivity contribution in [1.29, 1.82) is 0 Å². The summed E-state index contributed by atoms with van der Waals surface area (Å²) in [5, 5.41) is 3.09. The molecule has 3 nitrogen and oxygen atoms in total. The highest BCUT2D eigenvalue weighted by Crippen LogP contribution is 2.51. The molecule has 0 spiro atoms. The number of anilines is 1. The van der Waals surface area contributed by atoms with Gasteiger partial charge in [-0.25, -0.2) is 0 Å². The van der Waals surface area contributed by atoms with Gasteiger partial charge in [0.25, 0.3) is 0 Å². The van der Waals surface area contributed by atoms with Crippen LogP contribution in [0.2, 0.25) is 0 Å². The zero-order chi connectivity index (χ0) is 13.5. The lowest BCUT2D eigenvalue weighted by molar-refractivity contribution is -0.131. The average molecular weight is 258 g/mol. The fraction of sp³-hybridized carbons (Fsp3) is 0.562. The lowest BCUT2D eigenvalue weighted by Gasteiger charge is -2.50. The van der Waals surface area contributed by atoms with E-state index in [-0.39, 0.29) is 16.9 Å². The molecule has 0 aromatic heterocycles. The molecule has 1 aromatic rings. The number of benzene rings is 1. The smallest absolute Gasteiger partial charge is 0.230 e. The van der Waals surface area contributed by atoms with E-state index < -0.39 is 0 Å². The molecule has 3 aliphatic rings. The standard InChI is InChI=1S/C16H22N2O/c1-12-2-4-13(5-3-12)18-14(19)15-6-9-16(17,10-7-15)11-8-15/h2-5H,6-11,17H2,1H3,(H,18,19). The summed E-state index contributed by atoms with van der Waals surface area (Å²) in [5.74, 6) is 0.193. The molecule has 3 saturated carbocycles. The predicted octanol–water partition coefficient (Wildman–Crippen LogP) is 2.99. The molecule has 0 atom stereocenters. The maximum atomic E-state index is 12.6. The summed E-state index contributed by atoms with van der Waals surface area (Å²) >= 11 is 0. The quantitative estimate of drug-likeness (QED) is 0.856. The monoisotopic (exact) mass is 258 g/mol. The van der Waals surface area contributed by atoms with E-state index in [1.165, 1.54) is 5.56 Å². The van der Waals surface area contributed by atoms with Crippen molar-refractivity contribution in [3.8, 4) is 0 Å². The number of amides is 1. The summed E-state index contributed by atoms with van der Waals surface area (Å²) in [7, 11) is 0. The summed E-state index contributed by atoms with van der Waals surface area (Å²) in [6.07, 6.45) is 5.82. The van der Waals surface area contributed by atoms with Gasteiger partial charge in [-0.15, -0.1) is 0 Å². The van der Waals surface area contributed by atoms with Gasteiger partial charge in [0, 0.05) is 16.6 Å². The van der Waals surface area contributed by atoms with Crippen molar-refractivity contribution in [2.75, 3.05) is 5.32 Å². The number of rotatable bonds is 2. The summed E-state index contributed by atoms with van der Waals surface area (Å²) in [6.45, 7) is 2.05. The number of carbonyl (C=O) groups excluding carboxylic acids is 1. The minimum Gasteiger partial charge on any atom is -0.326 e. The number of aryl methyl sites for hydroxylation is 1. The van der Waals surface area contributed by atoms with E-state index >= 15 is 0 Å². The van der Waals surface area contributed by atoms with E-state index in [1.54, 1.807) is 0 Å². The maximum Gasteiger partial charge on any atom is 0.230 e. The third-order valence-electron chi connectivity index (χ3n) is 5.10. The third kappa shape index (κ3) is 2.27. The molecule has 0 unspecified atom stereocenters. The van der Waals surface area contributed by atoms with E-state index in [0.717, 1.165) is 44.2 Å². The van der Waals surface area contributed by atoms with Crippen LogP contribution in [0.3, 0.4) is 0 Å². The Labute approximate surface area is 114 Å². The van der Waals surface area contributed by atoms with Crippen LogP contribution in [0.1, 0.15) is 44.1 Å². The first-order chi connectivity index (χ1) is 9.01. The molecule has 3 aliphatic carbocycles. The Kier molecular flexibility index (Phi) is 2.90. The molecular weight excluding hydrogens is 236 g/mol. The zero-order valence-electron chi connectivity index (χ0n) is 11.5. The van der Waals surface area contributed by atoms with Gasteiger partial charge in [-0.05, 0) is 57.6 Å². The summed E-state index contributed by atoms with van der Waals surface area (Å²) < 4.78 is 0. The first-order valence-electron chi connectivity index (χ1n) is 7.19. The van der Waals surface area contributed by atoms with E-state index in [1.807, 2.05) is 31.2 Å². The van der Waals surface area contributed by atoms with Gasteiger partial charge >= 0.3 is 0 Å². The molecule has 4 rings (SSSR count). The second kappa shape index (κ2) is 4.34. The van der Waals surface area contributed by atoms with Gasteiger partial charge in [-0.3, -0.25) is 4.79 Å². The number of carbonyl (C=O) groups is 1. The number of hydrogen-bond acceptors (Lipinski definition) is 2. The highest BCUT2D eigenvalue weighted by molar-refractivity contribution is 5.95. The van der Waals surface area contributed by atoms with Gasteiger partial charge in [0.2, 0.25) is 5.91 Å². The van der Waals surface area contributed by atoms with Crippen LogP contribution in [0.5, 0.6) is 0 Å². The van der Waals surface area contributed by atoms with Crippen molar-refractivity contribution in [3.63, 3.8) is 0 Å². The van der Waals surface area contributed by atoms with Gasteiger partial charge in [-0.1, -0.05) is 17.7 Å². The summed E-state index contributed by atoms with van der Waals surface area (Å²) in [4.78, 5) is 12.6. The van der Waals surface area contributed by atoms with Crippen LogP contribution in [-0.2, 0) is 4.79 Å². The molecule has 0 radical (unpaired) electrons. The number of fused-ring (bicyclic) bond motifs is 3. The fourth-order valence-electron chi connectivity index (χ4n) is 3.46. The second-order valence-electron chi connectivity index (χ2n) is 6.46. The van der Waals surface area contributed by atoms with Crippen molar-refractivity contribution in [2.24, 2.45) is 11.1 Å². The van der Waals surface area contributed by atoms with E-state index in [9.17, 15) is 4.79 Å². The first kappa shape index (κ1) is 12.7. The molecule has 1 amide bonds. The molecule has 19 heavy (non-hydrogen) atoms. The molecule has 3 heteroatoms. The lowest BCUT2D eigenvalue weighted by atomic mass is 9.57. The summed E-state index contributed by atoms with van der Waals surface area (Å²) in [6, 6.07) is 8.01. The van der Waals surface area contributed by atoms with Crippen LogP contribution in [-0.4, -0.2) is 11.4 Å². The SMILES string of the molecule is Cc1ccc(NC(=O)C23CCC(N)(CC2)CC3)cc1. The largest absolute Gasteiger partial charge is 0.326 e. The molecule has 1 aromatic carbocycles. The molecule has 0 aliphatic heterocycles. The highest BCUT2D eigenvalue weighted by atomic mass is 16.2. The normalized spacial score (nSPS) is 33.2. The Morgan fingerprint density at radius 1 is 1.05 bits per heavy atom. The van der Waals surface area contributed by atoms with Gasteiger partial charge in [0.05, 0.1) is 0 Å². The van der Waals surface area contributed by atoms with Crippen LogP contribution in [0.25, 0.3) is 0 Å². The van der Waals surface area contributed by atoms with Crippen LogP contribution >= 0.6 is 0 Å². The molecule has 3 N–H and O–H groups in total. The average Bonchev–Trinajstić information content (AvgIpc) is 2.42. The maximum absolute atomic E-state index is 12.6. The predicted molar refractivity (Wildman–Crippen MR) is 76.9 cm³/mol.